The highest BCUT2D eigenvalue weighted by Gasteiger charge is 2.43. The van der Waals surface area contributed by atoms with Crippen molar-refractivity contribution in [1.82, 2.24) is 25.1 Å². The summed E-state index contributed by atoms with van der Waals surface area (Å²) in [7, 11) is 2.13. The third kappa shape index (κ3) is 5.08. The number of H-pyrrole nitrogens is 1. The van der Waals surface area contributed by atoms with Crippen molar-refractivity contribution in [2.75, 3.05) is 30.5 Å². The molecule has 3 saturated heterocycles. The number of aromatic nitrogens is 4. The number of ether oxygens (including phenoxy) is 1. The summed E-state index contributed by atoms with van der Waals surface area (Å²) in [5, 5.41) is 10.7. The second kappa shape index (κ2) is 10.00. The van der Waals surface area contributed by atoms with Crippen LogP contribution in [-0.4, -0.2) is 69.4 Å². The Labute approximate surface area is 213 Å². The highest BCUT2D eigenvalue weighted by Crippen LogP contribution is 2.40. The molecule has 9 nitrogen and oxygen atoms in total. The van der Waals surface area contributed by atoms with Crippen LogP contribution < -0.4 is 10.2 Å². The summed E-state index contributed by atoms with van der Waals surface area (Å²) >= 11 is 0. The first-order chi connectivity index (χ1) is 17.5. The van der Waals surface area contributed by atoms with E-state index < -0.39 is 0 Å². The van der Waals surface area contributed by atoms with Crippen LogP contribution in [0.2, 0.25) is 0 Å². The van der Waals surface area contributed by atoms with Gasteiger partial charge in [0.25, 0.3) is 0 Å². The molecule has 0 radical (unpaired) electrons. The summed E-state index contributed by atoms with van der Waals surface area (Å²) < 4.78 is 5.61. The first kappa shape index (κ1) is 23.7. The van der Waals surface area contributed by atoms with Gasteiger partial charge in [0.1, 0.15) is 5.82 Å². The number of fused-ring (bicyclic) bond motifs is 2. The van der Waals surface area contributed by atoms with Crippen molar-refractivity contribution >= 4 is 23.5 Å². The number of hydrogen-bond donors (Lipinski definition) is 2. The van der Waals surface area contributed by atoms with Gasteiger partial charge in [-0.2, -0.15) is 10.1 Å². The normalized spacial score (nSPS) is 26.6. The molecule has 2 N–H and O–H groups in total. The van der Waals surface area contributed by atoms with Crippen molar-refractivity contribution in [3.05, 3.63) is 23.5 Å². The lowest BCUT2D eigenvalue weighted by atomic mass is 9.81. The van der Waals surface area contributed by atoms with Gasteiger partial charge in [-0.3, -0.25) is 9.89 Å². The molecule has 194 valence electrons. The third-order valence-electron chi connectivity index (χ3n) is 8.60. The highest BCUT2D eigenvalue weighted by atomic mass is 16.5. The fourth-order valence-electron chi connectivity index (χ4n) is 6.40. The molecular weight excluding hydrogens is 454 g/mol. The number of rotatable bonds is 7. The largest absolute Gasteiger partial charge is 0.381 e. The molecule has 1 saturated carbocycles. The summed E-state index contributed by atoms with van der Waals surface area (Å²) in [5.41, 5.74) is 2.07. The van der Waals surface area contributed by atoms with Crippen LogP contribution in [0.4, 0.5) is 17.6 Å². The maximum atomic E-state index is 13.1. The molecule has 0 aromatic carbocycles. The van der Waals surface area contributed by atoms with Gasteiger partial charge in [-0.15, -0.1) is 0 Å². The maximum absolute atomic E-state index is 13.1. The number of nitrogens with zero attached hydrogens (tertiary/aromatic N) is 5. The number of anilines is 3. The standard InChI is InChI=1S/C27H39N7O2/c1-17-12-25(32-31-17)29-24-16-23(19-8-10-36-11-9-19)28-27(30-24)33(2)22-14-20-4-3-5-21(15-22)34(20)26(35)13-18-6-7-18/h12,16,18-22H,3-11,13-15H2,1-2H3,(H2,28,29,30,31,32)/t20-,21+,22-. The zero-order valence-electron chi connectivity index (χ0n) is 21.6. The molecule has 4 fully saturated rings. The van der Waals surface area contributed by atoms with Gasteiger partial charge in [0.15, 0.2) is 5.82 Å². The van der Waals surface area contributed by atoms with Gasteiger partial charge in [0.2, 0.25) is 11.9 Å². The van der Waals surface area contributed by atoms with Gasteiger partial charge in [0, 0.05) is 68.6 Å². The molecule has 5 heterocycles. The van der Waals surface area contributed by atoms with Gasteiger partial charge in [-0.1, -0.05) is 0 Å². The number of hydrogen-bond acceptors (Lipinski definition) is 7. The Hall–Kier alpha value is -2.68. The average Bonchev–Trinajstić information content (AvgIpc) is 3.61. The zero-order valence-corrected chi connectivity index (χ0v) is 21.6. The van der Waals surface area contributed by atoms with E-state index in [1.165, 1.54) is 19.3 Å². The summed E-state index contributed by atoms with van der Waals surface area (Å²) in [5.74, 6) is 3.70. The molecule has 3 aliphatic heterocycles. The summed E-state index contributed by atoms with van der Waals surface area (Å²) in [6.07, 6.45) is 10.6. The van der Waals surface area contributed by atoms with E-state index in [1.807, 2.05) is 13.0 Å². The highest BCUT2D eigenvalue weighted by molar-refractivity contribution is 5.77. The van der Waals surface area contributed by atoms with Crippen molar-refractivity contribution in [3.8, 4) is 0 Å². The first-order valence-electron chi connectivity index (χ1n) is 13.8. The van der Waals surface area contributed by atoms with Gasteiger partial charge in [-0.05, 0) is 70.6 Å². The van der Waals surface area contributed by atoms with Gasteiger partial charge in [0.05, 0.1) is 5.69 Å². The van der Waals surface area contributed by atoms with Crippen LogP contribution in [0.25, 0.3) is 0 Å². The quantitative estimate of drug-likeness (QED) is 0.593. The molecule has 2 bridgehead atoms. The molecule has 2 aromatic rings. The van der Waals surface area contributed by atoms with E-state index in [1.54, 1.807) is 0 Å². The SMILES string of the molecule is Cc1cc(Nc2cc(C3CCOCC3)nc(N(C)[C@@H]3C[C@H]4CCC[C@@H](C3)N4C(=O)CC3CC3)n2)n[nH]1. The Morgan fingerprint density at radius 1 is 1.08 bits per heavy atom. The minimum atomic E-state index is 0.329. The molecule has 6 rings (SSSR count). The van der Waals surface area contributed by atoms with Crippen LogP contribution in [0.3, 0.4) is 0 Å². The van der Waals surface area contributed by atoms with E-state index in [0.717, 1.165) is 87.1 Å². The van der Waals surface area contributed by atoms with Crippen LogP contribution >= 0.6 is 0 Å². The average molecular weight is 494 g/mol. The van der Waals surface area contributed by atoms with Crippen LogP contribution in [0.15, 0.2) is 12.1 Å². The summed E-state index contributed by atoms with van der Waals surface area (Å²) in [6.45, 7) is 3.54. The molecule has 9 heteroatoms. The van der Waals surface area contributed by atoms with Crippen molar-refractivity contribution < 1.29 is 9.53 Å². The molecule has 3 atom stereocenters. The number of carbonyl (C=O) groups is 1. The molecular formula is C27H39N7O2. The summed E-state index contributed by atoms with van der Waals surface area (Å²) in [4.78, 5) is 27.7. The van der Waals surface area contributed by atoms with Crippen LogP contribution in [-0.2, 0) is 9.53 Å². The number of carbonyl (C=O) groups excluding carboxylic acids is 1. The van der Waals surface area contributed by atoms with Crippen molar-refractivity contribution in [3.63, 3.8) is 0 Å². The molecule has 1 amide bonds. The first-order valence-corrected chi connectivity index (χ1v) is 13.8. The van der Waals surface area contributed by atoms with Crippen molar-refractivity contribution in [2.45, 2.75) is 95.2 Å². The molecule has 0 unspecified atom stereocenters. The fourth-order valence-corrected chi connectivity index (χ4v) is 6.40. The second-order valence-corrected chi connectivity index (χ2v) is 11.3. The Morgan fingerprint density at radius 2 is 1.83 bits per heavy atom. The van der Waals surface area contributed by atoms with Crippen molar-refractivity contribution in [2.24, 2.45) is 5.92 Å². The molecule has 0 spiro atoms. The topological polar surface area (TPSA) is 99.3 Å². The van der Waals surface area contributed by atoms with Gasteiger partial charge < -0.3 is 19.9 Å². The molecule has 4 aliphatic rings. The number of amides is 1. The van der Waals surface area contributed by atoms with Gasteiger partial charge >= 0.3 is 0 Å². The molecule has 36 heavy (non-hydrogen) atoms. The Balaban J connectivity index is 1.23. The lowest BCUT2D eigenvalue weighted by molar-refractivity contribution is -0.141. The lowest BCUT2D eigenvalue weighted by Crippen LogP contribution is -2.58. The van der Waals surface area contributed by atoms with E-state index in [4.69, 9.17) is 14.7 Å². The second-order valence-electron chi connectivity index (χ2n) is 11.3. The number of aromatic amines is 1. The molecule has 2 aromatic heterocycles. The van der Waals surface area contributed by atoms with Crippen LogP contribution in [0, 0.1) is 12.8 Å². The van der Waals surface area contributed by atoms with Crippen LogP contribution in [0.5, 0.6) is 0 Å². The van der Waals surface area contributed by atoms with E-state index in [-0.39, 0.29) is 0 Å². The molecule has 1 aliphatic carbocycles. The lowest BCUT2D eigenvalue weighted by Gasteiger charge is -2.50. The van der Waals surface area contributed by atoms with E-state index in [0.29, 0.717) is 35.9 Å². The van der Waals surface area contributed by atoms with Crippen molar-refractivity contribution in [1.29, 1.82) is 0 Å². The summed E-state index contributed by atoms with van der Waals surface area (Å²) in [6, 6.07) is 5.08. The minimum absolute atomic E-state index is 0.329. The van der Waals surface area contributed by atoms with Gasteiger partial charge in [-0.25, -0.2) is 4.98 Å². The predicted octanol–water partition coefficient (Wildman–Crippen LogP) is 4.29. The number of piperidine rings is 2. The Bertz CT molecular complexity index is 1060. The Kier molecular flexibility index (Phi) is 6.58. The Morgan fingerprint density at radius 3 is 2.50 bits per heavy atom. The maximum Gasteiger partial charge on any atom is 0.227 e. The number of aryl methyl sites for hydroxylation is 1. The minimum Gasteiger partial charge on any atom is -0.381 e. The smallest absolute Gasteiger partial charge is 0.227 e. The van der Waals surface area contributed by atoms with E-state index in [9.17, 15) is 4.79 Å². The monoisotopic (exact) mass is 493 g/mol. The third-order valence-corrected chi connectivity index (χ3v) is 8.60. The van der Waals surface area contributed by atoms with E-state index >= 15 is 0 Å². The number of nitrogens with one attached hydrogen (secondary N) is 2. The fraction of sp³-hybridized carbons (Fsp3) is 0.704. The van der Waals surface area contributed by atoms with Crippen LogP contribution in [0.1, 0.15) is 81.5 Å². The zero-order chi connectivity index (χ0) is 24.6. The predicted molar refractivity (Wildman–Crippen MR) is 138 cm³/mol. The van der Waals surface area contributed by atoms with E-state index in [2.05, 4.69) is 38.4 Å².